The average molecular weight is 329 g/mol. The molecule has 1 atom stereocenters. The van der Waals surface area contributed by atoms with E-state index in [1.54, 1.807) is 22.8 Å². The maximum atomic E-state index is 12.5. The molecule has 1 unspecified atom stereocenters. The van der Waals surface area contributed by atoms with Crippen molar-refractivity contribution in [3.8, 4) is 5.75 Å². The Morgan fingerprint density at radius 1 is 1.42 bits per heavy atom. The maximum Gasteiger partial charge on any atom is 0.322 e. The Hall–Kier alpha value is -2.70. The number of amides is 2. The first kappa shape index (κ1) is 16.2. The van der Waals surface area contributed by atoms with E-state index in [9.17, 15) is 4.79 Å². The molecule has 0 saturated carbocycles. The van der Waals surface area contributed by atoms with Crippen molar-refractivity contribution >= 4 is 17.4 Å². The minimum atomic E-state index is -0.161. The van der Waals surface area contributed by atoms with Crippen molar-refractivity contribution in [3.05, 3.63) is 36.2 Å². The largest absolute Gasteiger partial charge is 0.490 e. The normalized spacial score (nSPS) is 14.6. The molecule has 24 heavy (non-hydrogen) atoms. The first-order valence-corrected chi connectivity index (χ1v) is 7.96. The van der Waals surface area contributed by atoms with Gasteiger partial charge in [0, 0.05) is 38.6 Å². The molecule has 1 aromatic heterocycles. The molecule has 7 nitrogen and oxygen atoms in total. The van der Waals surface area contributed by atoms with Gasteiger partial charge in [0.25, 0.3) is 0 Å². The highest BCUT2D eigenvalue weighted by Gasteiger charge is 2.20. The molecule has 0 radical (unpaired) electrons. The van der Waals surface area contributed by atoms with Gasteiger partial charge in [0.2, 0.25) is 0 Å². The summed E-state index contributed by atoms with van der Waals surface area (Å²) in [6.45, 7) is 3.49. The van der Waals surface area contributed by atoms with Crippen LogP contribution in [-0.2, 0) is 7.05 Å². The number of ether oxygens (including phenoxy) is 1. The Morgan fingerprint density at radius 3 is 2.92 bits per heavy atom. The van der Waals surface area contributed by atoms with Crippen LogP contribution in [0, 0.1) is 0 Å². The summed E-state index contributed by atoms with van der Waals surface area (Å²) >= 11 is 0. The quantitative estimate of drug-likeness (QED) is 0.940. The third kappa shape index (κ3) is 3.15. The fraction of sp³-hybridized carbons (Fsp3) is 0.412. The Morgan fingerprint density at radius 2 is 2.21 bits per heavy atom. The molecule has 0 fully saturated rings. The summed E-state index contributed by atoms with van der Waals surface area (Å²) in [4.78, 5) is 16.3. The second-order valence-electron chi connectivity index (χ2n) is 6.12. The fourth-order valence-corrected chi connectivity index (χ4v) is 2.70. The van der Waals surface area contributed by atoms with E-state index in [0.717, 1.165) is 29.2 Å². The van der Waals surface area contributed by atoms with Crippen LogP contribution in [0.2, 0.25) is 0 Å². The number of hydrogen-bond acceptors (Lipinski definition) is 4. The first-order chi connectivity index (χ1) is 11.5. The molecular weight excluding hydrogens is 306 g/mol. The molecule has 128 valence electrons. The summed E-state index contributed by atoms with van der Waals surface area (Å²) in [5.74, 6) is 0.846. The SMILES string of the molecule is CC(c1cnn(C)c1)N(C)C(=O)Nc1ccc2c(c1)N(C)CCO2. The van der Waals surface area contributed by atoms with Crippen LogP contribution >= 0.6 is 0 Å². The summed E-state index contributed by atoms with van der Waals surface area (Å²) in [6, 6.07) is 5.46. The van der Waals surface area contributed by atoms with Gasteiger partial charge < -0.3 is 19.9 Å². The van der Waals surface area contributed by atoms with E-state index in [1.807, 2.05) is 45.4 Å². The number of nitrogens with zero attached hydrogens (tertiary/aromatic N) is 4. The number of carbonyl (C=O) groups excluding carboxylic acids is 1. The number of nitrogens with one attached hydrogen (secondary N) is 1. The van der Waals surface area contributed by atoms with E-state index in [1.165, 1.54) is 0 Å². The number of rotatable bonds is 3. The molecule has 1 aromatic carbocycles. The zero-order valence-corrected chi connectivity index (χ0v) is 14.5. The summed E-state index contributed by atoms with van der Waals surface area (Å²) < 4.78 is 7.36. The van der Waals surface area contributed by atoms with Crippen LogP contribution in [0.4, 0.5) is 16.2 Å². The lowest BCUT2D eigenvalue weighted by atomic mass is 10.2. The summed E-state index contributed by atoms with van der Waals surface area (Å²) in [7, 11) is 5.66. The zero-order valence-electron chi connectivity index (χ0n) is 14.5. The third-order valence-corrected chi connectivity index (χ3v) is 4.41. The van der Waals surface area contributed by atoms with Crippen LogP contribution in [0.3, 0.4) is 0 Å². The lowest BCUT2D eigenvalue weighted by molar-refractivity contribution is 0.208. The Kier molecular flexibility index (Phi) is 4.33. The minimum Gasteiger partial charge on any atom is -0.490 e. The van der Waals surface area contributed by atoms with Crippen LogP contribution in [-0.4, -0.2) is 48.0 Å². The van der Waals surface area contributed by atoms with Gasteiger partial charge in [-0.3, -0.25) is 4.68 Å². The maximum absolute atomic E-state index is 12.5. The van der Waals surface area contributed by atoms with Gasteiger partial charge in [-0.1, -0.05) is 0 Å². The summed E-state index contributed by atoms with van der Waals surface area (Å²) in [6.07, 6.45) is 3.69. The Bertz CT molecular complexity index is 742. The summed E-state index contributed by atoms with van der Waals surface area (Å²) in [5.41, 5.74) is 2.73. The minimum absolute atomic E-state index is 0.0673. The van der Waals surface area contributed by atoms with Crippen LogP contribution in [0.15, 0.2) is 30.6 Å². The smallest absolute Gasteiger partial charge is 0.322 e. The number of aromatic nitrogens is 2. The van der Waals surface area contributed by atoms with E-state index >= 15 is 0 Å². The van der Waals surface area contributed by atoms with Crippen LogP contribution < -0.4 is 15.0 Å². The van der Waals surface area contributed by atoms with Crippen molar-refractivity contribution in [2.24, 2.45) is 7.05 Å². The topological polar surface area (TPSA) is 62.6 Å². The predicted octanol–water partition coefficient (Wildman–Crippen LogP) is 2.47. The van der Waals surface area contributed by atoms with Gasteiger partial charge >= 0.3 is 6.03 Å². The molecule has 0 aliphatic carbocycles. The molecule has 2 aromatic rings. The number of likely N-dealkylation sites (N-methyl/N-ethyl adjacent to an activating group) is 1. The lowest BCUT2D eigenvalue weighted by Crippen LogP contribution is -2.33. The molecule has 1 N–H and O–H groups in total. The van der Waals surface area contributed by atoms with Crippen LogP contribution in [0.1, 0.15) is 18.5 Å². The van der Waals surface area contributed by atoms with Crippen molar-refractivity contribution in [1.82, 2.24) is 14.7 Å². The number of carbonyl (C=O) groups is 1. The van der Waals surface area contributed by atoms with Gasteiger partial charge in [-0.05, 0) is 25.1 Å². The number of hydrogen-bond donors (Lipinski definition) is 1. The Labute approximate surface area is 141 Å². The molecule has 3 rings (SSSR count). The predicted molar refractivity (Wildman–Crippen MR) is 93.6 cm³/mol. The number of anilines is 2. The highest BCUT2D eigenvalue weighted by Crippen LogP contribution is 2.33. The zero-order chi connectivity index (χ0) is 17.3. The van der Waals surface area contributed by atoms with Gasteiger partial charge in [-0.25, -0.2) is 4.79 Å². The van der Waals surface area contributed by atoms with Gasteiger partial charge in [0.1, 0.15) is 12.4 Å². The molecule has 2 heterocycles. The highest BCUT2D eigenvalue weighted by molar-refractivity contribution is 5.90. The molecule has 2 amide bonds. The van der Waals surface area contributed by atoms with Crippen molar-refractivity contribution in [2.75, 3.05) is 37.5 Å². The standard InChI is InChI=1S/C17H23N5O2/c1-12(13-10-18-21(3)11-13)22(4)17(23)19-14-5-6-16-15(9-14)20(2)7-8-24-16/h5-6,9-12H,7-8H2,1-4H3,(H,19,23). The molecule has 0 spiro atoms. The molecule has 0 saturated heterocycles. The van der Waals surface area contributed by atoms with Crippen LogP contribution in [0.25, 0.3) is 0 Å². The molecule has 1 aliphatic heterocycles. The monoisotopic (exact) mass is 329 g/mol. The number of fused-ring (bicyclic) bond motifs is 1. The average Bonchev–Trinajstić information content (AvgIpc) is 3.00. The number of aryl methyl sites for hydroxylation is 1. The van der Waals surface area contributed by atoms with Gasteiger partial charge in [0.15, 0.2) is 0 Å². The van der Waals surface area contributed by atoms with E-state index in [0.29, 0.717) is 6.61 Å². The van der Waals surface area contributed by atoms with Gasteiger partial charge in [-0.15, -0.1) is 0 Å². The van der Waals surface area contributed by atoms with Crippen LogP contribution in [0.5, 0.6) is 5.75 Å². The summed E-state index contributed by atoms with van der Waals surface area (Å²) in [5, 5.41) is 7.11. The number of urea groups is 1. The molecular formula is C17H23N5O2. The van der Waals surface area contributed by atoms with E-state index in [2.05, 4.69) is 15.3 Å². The second kappa shape index (κ2) is 6.43. The lowest BCUT2D eigenvalue weighted by Gasteiger charge is -2.28. The van der Waals surface area contributed by atoms with Gasteiger partial charge in [0.05, 0.1) is 24.5 Å². The molecule has 1 aliphatic rings. The highest BCUT2D eigenvalue weighted by atomic mass is 16.5. The third-order valence-electron chi connectivity index (χ3n) is 4.41. The number of benzene rings is 1. The van der Waals surface area contributed by atoms with E-state index in [-0.39, 0.29) is 12.1 Å². The fourth-order valence-electron chi connectivity index (χ4n) is 2.70. The first-order valence-electron chi connectivity index (χ1n) is 7.96. The van der Waals surface area contributed by atoms with Crippen molar-refractivity contribution in [3.63, 3.8) is 0 Å². The van der Waals surface area contributed by atoms with E-state index in [4.69, 9.17) is 4.74 Å². The van der Waals surface area contributed by atoms with Gasteiger partial charge in [-0.2, -0.15) is 5.10 Å². The van der Waals surface area contributed by atoms with E-state index < -0.39 is 0 Å². The Balaban J connectivity index is 1.71. The van der Waals surface area contributed by atoms with Crippen molar-refractivity contribution < 1.29 is 9.53 Å². The molecule has 0 bridgehead atoms. The molecule has 7 heteroatoms. The second-order valence-corrected chi connectivity index (χ2v) is 6.12. The van der Waals surface area contributed by atoms with Crippen molar-refractivity contribution in [2.45, 2.75) is 13.0 Å². The van der Waals surface area contributed by atoms with Crippen molar-refractivity contribution in [1.29, 1.82) is 0 Å².